The highest BCUT2D eigenvalue weighted by Gasteiger charge is 2.32. The summed E-state index contributed by atoms with van der Waals surface area (Å²) in [6, 6.07) is 7.22. The number of hydrogen-bond donors (Lipinski definition) is 3. The molecule has 0 radical (unpaired) electrons. The van der Waals surface area contributed by atoms with Crippen molar-refractivity contribution in [2.24, 2.45) is 5.92 Å². The highest BCUT2D eigenvalue weighted by atomic mass is 35.5. The lowest BCUT2D eigenvalue weighted by molar-refractivity contribution is -0.274. The van der Waals surface area contributed by atoms with Crippen LogP contribution in [0.5, 0.6) is 5.75 Å². The van der Waals surface area contributed by atoms with Crippen LogP contribution in [-0.4, -0.2) is 40.5 Å². The fraction of sp³-hybridized carbons (Fsp3) is 0.368. The number of halogens is 4. The zero-order valence-corrected chi connectivity index (χ0v) is 16.5. The zero-order chi connectivity index (χ0) is 21.3. The molecule has 3 heterocycles. The van der Waals surface area contributed by atoms with Crippen LogP contribution in [-0.2, 0) is 6.54 Å². The predicted molar refractivity (Wildman–Crippen MR) is 107 cm³/mol. The fourth-order valence-electron chi connectivity index (χ4n) is 3.48. The van der Waals surface area contributed by atoms with Crippen LogP contribution in [0.4, 0.5) is 19.0 Å². The number of aromatic nitrogens is 3. The second kappa shape index (κ2) is 8.19. The first-order valence-electron chi connectivity index (χ1n) is 9.37. The van der Waals surface area contributed by atoms with Crippen LogP contribution in [0, 0.1) is 5.92 Å². The highest BCUT2D eigenvalue weighted by molar-refractivity contribution is 6.30. The van der Waals surface area contributed by atoms with E-state index in [-0.39, 0.29) is 17.1 Å². The van der Waals surface area contributed by atoms with E-state index in [2.05, 4.69) is 25.3 Å². The third-order valence-electron chi connectivity index (χ3n) is 4.93. The molecular weight excluding hydrogens is 423 g/mol. The molecule has 0 bridgehead atoms. The summed E-state index contributed by atoms with van der Waals surface area (Å²) < 4.78 is 43.6. The number of rotatable bonds is 6. The molecule has 1 aliphatic rings. The molecule has 1 saturated heterocycles. The van der Waals surface area contributed by atoms with Crippen molar-refractivity contribution < 1.29 is 17.9 Å². The lowest BCUT2D eigenvalue weighted by Crippen LogP contribution is -2.21. The average Bonchev–Trinajstić information content (AvgIpc) is 3.29. The molecule has 0 unspecified atom stereocenters. The first kappa shape index (κ1) is 20.5. The van der Waals surface area contributed by atoms with E-state index in [0.29, 0.717) is 22.9 Å². The molecular formula is C19H19ClF3N5O2. The quantitative estimate of drug-likeness (QED) is 0.546. The Bertz CT molecular complexity index is 1110. The first-order valence-corrected chi connectivity index (χ1v) is 9.74. The minimum absolute atomic E-state index is 0.111. The first-order chi connectivity index (χ1) is 14.3. The topological polar surface area (TPSA) is 84.0 Å². The number of pyridine rings is 1. The molecule has 0 aliphatic carbocycles. The van der Waals surface area contributed by atoms with Gasteiger partial charge in [-0.1, -0.05) is 11.6 Å². The van der Waals surface area contributed by atoms with Gasteiger partial charge in [-0.3, -0.25) is 4.57 Å². The molecule has 2 aromatic heterocycles. The number of H-pyrrole nitrogens is 1. The van der Waals surface area contributed by atoms with Crippen molar-refractivity contribution in [2.75, 3.05) is 25.0 Å². The maximum atomic E-state index is 12.7. The van der Waals surface area contributed by atoms with E-state index in [9.17, 15) is 18.0 Å². The molecule has 1 fully saturated rings. The van der Waals surface area contributed by atoms with Crippen molar-refractivity contribution in [1.29, 1.82) is 0 Å². The fourth-order valence-corrected chi connectivity index (χ4v) is 3.67. The van der Waals surface area contributed by atoms with Crippen LogP contribution < -0.4 is 21.1 Å². The van der Waals surface area contributed by atoms with E-state index in [1.54, 1.807) is 12.1 Å². The summed E-state index contributed by atoms with van der Waals surface area (Å²) in [6.45, 7) is 2.46. The summed E-state index contributed by atoms with van der Waals surface area (Å²) in [6.07, 6.45) is -3.79. The Morgan fingerprint density at radius 1 is 1.30 bits per heavy atom. The van der Waals surface area contributed by atoms with Crippen LogP contribution in [0.3, 0.4) is 0 Å². The smallest absolute Gasteiger partial charge is 0.405 e. The molecule has 4 rings (SSSR count). The second-order valence-corrected chi connectivity index (χ2v) is 7.56. The third kappa shape index (κ3) is 4.71. The molecule has 7 nitrogen and oxygen atoms in total. The van der Waals surface area contributed by atoms with E-state index in [4.69, 9.17) is 11.6 Å². The largest absolute Gasteiger partial charge is 0.573 e. The number of nitrogens with one attached hydrogen (secondary N) is 3. The molecule has 1 aliphatic heterocycles. The molecule has 3 N–H and O–H groups in total. The van der Waals surface area contributed by atoms with Gasteiger partial charge in [-0.15, -0.1) is 13.2 Å². The van der Waals surface area contributed by atoms with Crippen LogP contribution in [0.25, 0.3) is 11.2 Å². The van der Waals surface area contributed by atoms with Crippen LogP contribution in [0.1, 0.15) is 12.0 Å². The van der Waals surface area contributed by atoms with Gasteiger partial charge < -0.3 is 20.4 Å². The summed E-state index contributed by atoms with van der Waals surface area (Å²) in [5.41, 5.74) is 0.425. The van der Waals surface area contributed by atoms with Crippen LogP contribution >= 0.6 is 11.6 Å². The van der Waals surface area contributed by atoms with Crippen molar-refractivity contribution in [3.63, 3.8) is 0 Å². The van der Waals surface area contributed by atoms with Gasteiger partial charge in [0.1, 0.15) is 11.6 Å². The maximum Gasteiger partial charge on any atom is 0.573 e. The number of aromatic amines is 1. The summed E-state index contributed by atoms with van der Waals surface area (Å²) >= 11 is 5.95. The van der Waals surface area contributed by atoms with E-state index < -0.39 is 17.8 Å². The standard InChI is InChI=1S/C19H19ClF3N5O2/c20-13-1-3-15(30-19(21,22)23)12(7-13)10-28-17-14(26-18(28)29)2-4-16(27-17)25-9-11-5-6-24-8-11/h1-4,7,11,24H,5-6,8-10H2,(H,25,27)(H,26,29)/t11-/m1/s1. The molecule has 160 valence electrons. The van der Waals surface area contributed by atoms with Gasteiger partial charge in [-0.25, -0.2) is 9.78 Å². The SMILES string of the molecule is O=c1[nH]c2ccc(NC[C@@H]3CCNC3)nc2n1Cc1cc(Cl)ccc1OC(F)(F)F. The lowest BCUT2D eigenvalue weighted by Gasteiger charge is -2.14. The van der Waals surface area contributed by atoms with Gasteiger partial charge in [-0.2, -0.15) is 0 Å². The number of hydrogen-bond acceptors (Lipinski definition) is 5. The number of fused-ring (bicyclic) bond motifs is 1. The van der Waals surface area contributed by atoms with Crippen molar-refractivity contribution >= 4 is 28.6 Å². The summed E-state index contributed by atoms with van der Waals surface area (Å²) in [7, 11) is 0. The number of ether oxygens (including phenoxy) is 1. The third-order valence-corrected chi connectivity index (χ3v) is 5.16. The number of anilines is 1. The number of nitrogens with zero attached hydrogens (tertiary/aromatic N) is 2. The van der Waals surface area contributed by atoms with E-state index in [0.717, 1.165) is 32.1 Å². The van der Waals surface area contributed by atoms with Crippen LogP contribution in [0.2, 0.25) is 5.02 Å². The zero-order valence-electron chi connectivity index (χ0n) is 15.7. The van der Waals surface area contributed by atoms with E-state index >= 15 is 0 Å². The summed E-state index contributed by atoms with van der Waals surface area (Å²) in [4.78, 5) is 19.6. The van der Waals surface area contributed by atoms with Crippen LogP contribution in [0.15, 0.2) is 35.1 Å². The molecule has 1 aromatic carbocycles. The molecule has 30 heavy (non-hydrogen) atoms. The van der Waals surface area contributed by atoms with Gasteiger partial charge in [0.25, 0.3) is 0 Å². The monoisotopic (exact) mass is 441 g/mol. The Hall–Kier alpha value is -2.72. The molecule has 0 saturated carbocycles. The summed E-state index contributed by atoms with van der Waals surface area (Å²) in [5, 5.41) is 6.78. The Labute approximate surface area is 174 Å². The predicted octanol–water partition coefficient (Wildman–Crippen LogP) is 3.35. The Morgan fingerprint density at radius 3 is 2.87 bits per heavy atom. The van der Waals surface area contributed by atoms with Gasteiger partial charge in [0.15, 0.2) is 5.65 Å². The molecule has 3 aromatic rings. The van der Waals surface area contributed by atoms with Gasteiger partial charge in [0.05, 0.1) is 12.1 Å². The molecule has 0 spiro atoms. The minimum Gasteiger partial charge on any atom is -0.405 e. The van der Waals surface area contributed by atoms with Gasteiger partial charge in [-0.05, 0) is 55.8 Å². The normalized spacial score (nSPS) is 16.9. The Kier molecular flexibility index (Phi) is 5.61. The van der Waals surface area contributed by atoms with Gasteiger partial charge in [0.2, 0.25) is 0 Å². The number of benzene rings is 1. The summed E-state index contributed by atoms with van der Waals surface area (Å²) in [5.74, 6) is 0.653. The lowest BCUT2D eigenvalue weighted by atomic mass is 10.1. The molecule has 1 atom stereocenters. The number of imidazole rings is 1. The van der Waals surface area contributed by atoms with Crippen molar-refractivity contribution in [2.45, 2.75) is 19.3 Å². The minimum atomic E-state index is -4.86. The molecule has 11 heteroatoms. The van der Waals surface area contributed by atoms with Gasteiger partial charge in [0, 0.05) is 17.1 Å². The van der Waals surface area contributed by atoms with Crippen molar-refractivity contribution in [3.05, 3.63) is 51.4 Å². The van der Waals surface area contributed by atoms with Crippen molar-refractivity contribution in [3.8, 4) is 5.75 Å². The average molecular weight is 442 g/mol. The highest BCUT2D eigenvalue weighted by Crippen LogP contribution is 2.29. The van der Waals surface area contributed by atoms with Crippen molar-refractivity contribution in [1.82, 2.24) is 19.9 Å². The molecule has 0 amide bonds. The van der Waals surface area contributed by atoms with Gasteiger partial charge >= 0.3 is 12.1 Å². The maximum absolute atomic E-state index is 12.7. The number of alkyl halides is 3. The second-order valence-electron chi connectivity index (χ2n) is 7.12. The Balaban J connectivity index is 1.64. The van der Waals surface area contributed by atoms with E-state index in [1.807, 2.05) is 0 Å². The van der Waals surface area contributed by atoms with E-state index in [1.165, 1.54) is 16.7 Å². The Morgan fingerprint density at radius 2 is 2.13 bits per heavy atom.